The number of aryl methyl sites for hydroxylation is 1. The van der Waals surface area contributed by atoms with Crippen molar-refractivity contribution in [3.8, 4) is 0 Å². The molecule has 0 spiro atoms. The second-order valence-electron chi connectivity index (χ2n) is 7.50. The van der Waals surface area contributed by atoms with Crippen LogP contribution in [0.4, 0.5) is 5.69 Å². The highest BCUT2D eigenvalue weighted by Gasteiger charge is 2.32. The predicted molar refractivity (Wildman–Crippen MR) is 104 cm³/mol. The van der Waals surface area contributed by atoms with Crippen molar-refractivity contribution in [2.24, 2.45) is 5.92 Å². The lowest BCUT2D eigenvalue weighted by Gasteiger charge is -2.32. The zero-order chi connectivity index (χ0) is 20.3. The molecule has 1 saturated heterocycles. The molecule has 2 amide bonds. The molecule has 154 valence electrons. The van der Waals surface area contributed by atoms with Crippen LogP contribution in [0.5, 0.6) is 0 Å². The normalized spacial score (nSPS) is 19.0. The Balaban J connectivity index is 1.82. The number of morpholine rings is 1. The number of anilines is 1. The fourth-order valence-corrected chi connectivity index (χ4v) is 4.79. The summed E-state index contributed by atoms with van der Waals surface area (Å²) >= 11 is 0. The van der Waals surface area contributed by atoms with Crippen LogP contribution in [-0.2, 0) is 30.8 Å². The van der Waals surface area contributed by atoms with Crippen LogP contribution < -0.4 is 10.0 Å². The lowest BCUT2D eigenvalue weighted by Crippen LogP contribution is -2.53. The van der Waals surface area contributed by atoms with Crippen molar-refractivity contribution in [3.05, 3.63) is 23.8 Å². The van der Waals surface area contributed by atoms with E-state index in [0.717, 1.165) is 5.56 Å². The summed E-state index contributed by atoms with van der Waals surface area (Å²) in [5.41, 5.74) is 1.43. The summed E-state index contributed by atoms with van der Waals surface area (Å²) in [6.07, 6.45) is 1.70. The molecule has 1 aromatic rings. The summed E-state index contributed by atoms with van der Waals surface area (Å²) in [5, 5.41) is 2.79. The number of hydrogen-bond donors (Lipinski definition) is 2. The SMILES string of the molecule is CC(C)C(NS(=O)(=O)c1ccc2c(c1)CCCC(=O)N2)C(=O)N1CCOCC1. The van der Waals surface area contributed by atoms with Crippen molar-refractivity contribution < 1.29 is 22.7 Å². The maximum absolute atomic E-state index is 13.0. The van der Waals surface area contributed by atoms with Crippen LogP contribution in [0.3, 0.4) is 0 Å². The Hall–Kier alpha value is -1.97. The van der Waals surface area contributed by atoms with Gasteiger partial charge in [0.15, 0.2) is 0 Å². The van der Waals surface area contributed by atoms with Gasteiger partial charge in [-0.25, -0.2) is 8.42 Å². The summed E-state index contributed by atoms with van der Waals surface area (Å²) < 4.78 is 33.8. The lowest BCUT2D eigenvalue weighted by molar-refractivity contribution is -0.138. The number of nitrogens with zero attached hydrogens (tertiary/aromatic N) is 1. The number of sulfonamides is 1. The van der Waals surface area contributed by atoms with Gasteiger partial charge in [0, 0.05) is 25.2 Å². The largest absolute Gasteiger partial charge is 0.378 e. The first-order valence-electron chi connectivity index (χ1n) is 9.59. The van der Waals surface area contributed by atoms with E-state index >= 15 is 0 Å². The molecule has 0 saturated carbocycles. The number of hydrogen-bond acceptors (Lipinski definition) is 5. The molecule has 2 N–H and O–H groups in total. The molecule has 1 unspecified atom stereocenters. The molecule has 0 bridgehead atoms. The van der Waals surface area contributed by atoms with E-state index in [0.29, 0.717) is 51.3 Å². The van der Waals surface area contributed by atoms with Crippen molar-refractivity contribution in [3.63, 3.8) is 0 Å². The van der Waals surface area contributed by atoms with Crippen LogP contribution in [-0.4, -0.2) is 57.5 Å². The number of rotatable bonds is 5. The summed E-state index contributed by atoms with van der Waals surface area (Å²) in [6.45, 7) is 5.47. The maximum Gasteiger partial charge on any atom is 0.241 e. The highest BCUT2D eigenvalue weighted by Crippen LogP contribution is 2.25. The first kappa shape index (κ1) is 20.8. The fourth-order valence-electron chi connectivity index (χ4n) is 3.41. The predicted octanol–water partition coefficient (Wildman–Crippen LogP) is 1.12. The molecule has 28 heavy (non-hydrogen) atoms. The molecule has 0 aromatic heterocycles. The van der Waals surface area contributed by atoms with Gasteiger partial charge >= 0.3 is 0 Å². The van der Waals surface area contributed by atoms with Crippen molar-refractivity contribution in [2.45, 2.75) is 44.0 Å². The lowest BCUT2D eigenvalue weighted by atomic mass is 10.0. The average molecular weight is 410 g/mol. The van der Waals surface area contributed by atoms with E-state index in [1.54, 1.807) is 17.0 Å². The Bertz CT molecular complexity index is 847. The maximum atomic E-state index is 13.0. The van der Waals surface area contributed by atoms with Crippen LogP contribution in [0.2, 0.25) is 0 Å². The van der Waals surface area contributed by atoms with Gasteiger partial charge in [0.1, 0.15) is 6.04 Å². The van der Waals surface area contributed by atoms with Crippen LogP contribution in [0.1, 0.15) is 32.3 Å². The molecule has 0 aliphatic carbocycles. The molecule has 2 aliphatic heterocycles. The van der Waals surface area contributed by atoms with E-state index < -0.39 is 16.1 Å². The quantitative estimate of drug-likeness (QED) is 0.758. The van der Waals surface area contributed by atoms with E-state index in [9.17, 15) is 18.0 Å². The molecule has 2 heterocycles. The Morgan fingerprint density at radius 1 is 1.21 bits per heavy atom. The number of amides is 2. The zero-order valence-corrected chi connectivity index (χ0v) is 17.0. The highest BCUT2D eigenvalue weighted by molar-refractivity contribution is 7.89. The zero-order valence-electron chi connectivity index (χ0n) is 16.2. The van der Waals surface area contributed by atoms with Gasteiger partial charge in [0.2, 0.25) is 21.8 Å². The molecule has 2 aliphatic rings. The first-order chi connectivity index (χ1) is 13.3. The van der Waals surface area contributed by atoms with Crippen molar-refractivity contribution >= 4 is 27.5 Å². The number of carbonyl (C=O) groups excluding carboxylic acids is 2. The Morgan fingerprint density at radius 3 is 2.61 bits per heavy atom. The van der Waals surface area contributed by atoms with Gasteiger partial charge in [-0.2, -0.15) is 4.72 Å². The molecule has 0 radical (unpaired) electrons. The molecule has 8 nitrogen and oxygen atoms in total. The highest BCUT2D eigenvalue weighted by atomic mass is 32.2. The third-order valence-electron chi connectivity index (χ3n) is 5.05. The van der Waals surface area contributed by atoms with Gasteiger partial charge in [-0.05, 0) is 42.5 Å². The standard InChI is InChI=1S/C19H27N3O5S/c1-13(2)18(19(24)22-8-10-27-11-9-22)21-28(25,26)15-6-7-16-14(12-15)4-3-5-17(23)20-16/h6-7,12-13,18,21H,3-5,8-11H2,1-2H3,(H,20,23). The van der Waals surface area contributed by atoms with Gasteiger partial charge in [-0.15, -0.1) is 0 Å². The second-order valence-corrected chi connectivity index (χ2v) is 9.22. The summed E-state index contributed by atoms with van der Waals surface area (Å²) in [5.74, 6) is -0.502. The fraction of sp³-hybridized carbons (Fsp3) is 0.579. The summed E-state index contributed by atoms with van der Waals surface area (Å²) in [4.78, 5) is 26.3. The topological polar surface area (TPSA) is 105 Å². The smallest absolute Gasteiger partial charge is 0.241 e. The van der Waals surface area contributed by atoms with Crippen molar-refractivity contribution in [2.75, 3.05) is 31.6 Å². The Kier molecular flexibility index (Phi) is 6.36. The number of fused-ring (bicyclic) bond motifs is 1. The third-order valence-corrected chi connectivity index (χ3v) is 6.49. The van der Waals surface area contributed by atoms with Crippen LogP contribution in [0.25, 0.3) is 0 Å². The Morgan fingerprint density at radius 2 is 1.93 bits per heavy atom. The van der Waals surface area contributed by atoms with E-state index in [4.69, 9.17) is 4.74 Å². The molecular weight excluding hydrogens is 382 g/mol. The van der Waals surface area contributed by atoms with Gasteiger partial charge in [-0.3, -0.25) is 9.59 Å². The van der Waals surface area contributed by atoms with Crippen molar-refractivity contribution in [1.29, 1.82) is 0 Å². The molecule has 1 atom stereocenters. The third kappa shape index (κ3) is 4.71. The van der Waals surface area contributed by atoms with E-state index in [2.05, 4.69) is 10.0 Å². The molecule has 9 heteroatoms. The van der Waals surface area contributed by atoms with Crippen LogP contribution in [0, 0.1) is 5.92 Å². The van der Waals surface area contributed by atoms with Gasteiger partial charge in [-0.1, -0.05) is 13.8 Å². The summed E-state index contributed by atoms with van der Waals surface area (Å²) in [6, 6.07) is 3.81. The van der Waals surface area contributed by atoms with Gasteiger partial charge < -0.3 is 15.0 Å². The second kappa shape index (κ2) is 8.59. The minimum absolute atomic E-state index is 0.0662. The number of carbonyl (C=O) groups is 2. The molecule has 3 rings (SSSR count). The van der Waals surface area contributed by atoms with Crippen LogP contribution >= 0.6 is 0 Å². The first-order valence-corrected chi connectivity index (χ1v) is 11.1. The number of nitrogens with one attached hydrogen (secondary N) is 2. The number of ether oxygens (including phenoxy) is 1. The average Bonchev–Trinajstić information content (AvgIpc) is 2.86. The number of benzene rings is 1. The molecule has 1 aromatic carbocycles. The van der Waals surface area contributed by atoms with E-state index in [1.165, 1.54) is 6.07 Å². The Labute approximate surface area is 165 Å². The van der Waals surface area contributed by atoms with Crippen molar-refractivity contribution in [1.82, 2.24) is 9.62 Å². The molecule has 1 fully saturated rings. The molecular formula is C19H27N3O5S. The van der Waals surface area contributed by atoms with Gasteiger partial charge in [0.25, 0.3) is 0 Å². The van der Waals surface area contributed by atoms with E-state index in [-0.39, 0.29) is 22.6 Å². The summed E-state index contributed by atoms with van der Waals surface area (Å²) in [7, 11) is -3.89. The van der Waals surface area contributed by atoms with Crippen LogP contribution in [0.15, 0.2) is 23.1 Å². The minimum atomic E-state index is -3.89. The van der Waals surface area contributed by atoms with E-state index in [1.807, 2.05) is 13.8 Å². The van der Waals surface area contributed by atoms with Gasteiger partial charge in [0.05, 0.1) is 18.1 Å². The monoisotopic (exact) mass is 409 g/mol. The minimum Gasteiger partial charge on any atom is -0.378 e.